The first-order valence-electron chi connectivity index (χ1n) is 7.53. The molecule has 6 heteroatoms. The van der Waals surface area contributed by atoms with E-state index in [1.807, 2.05) is 6.07 Å². The fraction of sp³-hybridized carbons (Fsp3) is 0.500. The number of ether oxygens (including phenoxy) is 2. The minimum absolute atomic E-state index is 0.311. The number of hydrogen-bond acceptors (Lipinski definition) is 4. The van der Waals surface area contributed by atoms with Gasteiger partial charge in [0, 0.05) is 6.54 Å². The molecule has 1 aromatic carbocycles. The number of fused-ring (bicyclic) bond motifs is 1. The van der Waals surface area contributed by atoms with Crippen LogP contribution in [0.2, 0.25) is 0 Å². The van der Waals surface area contributed by atoms with Crippen molar-refractivity contribution in [3.05, 3.63) is 24.3 Å². The van der Waals surface area contributed by atoms with Gasteiger partial charge in [-0.2, -0.15) is 0 Å². The first kappa shape index (κ1) is 14.7. The summed E-state index contributed by atoms with van der Waals surface area (Å²) in [4.78, 5) is 25.5. The molecule has 3 atom stereocenters. The standard InChI is InChI=1S/C16H19NO5/c1-10-14(22-13-8-3-2-7-12(13)21-10)15(18)17-9-5-4-6-11(17)16(19)20/h2-3,7-8,10-11,14H,4-6,9H2,1H3,(H,19,20). The first-order chi connectivity index (χ1) is 10.6. The van der Waals surface area contributed by atoms with Crippen LogP contribution in [0.5, 0.6) is 11.5 Å². The molecule has 1 N–H and O–H groups in total. The fourth-order valence-electron chi connectivity index (χ4n) is 3.01. The lowest BCUT2D eigenvalue weighted by Crippen LogP contribution is -2.56. The van der Waals surface area contributed by atoms with Crippen LogP contribution in [0.1, 0.15) is 26.2 Å². The lowest BCUT2D eigenvalue weighted by atomic mass is 10.0. The zero-order valence-electron chi connectivity index (χ0n) is 12.4. The van der Waals surface area contributed by atoms with E-state index in [2.05, 4.69) is 0 Å². The monoisotopic (exact) mass is 305 g/mol. The average Bonchev–Trinajstić information content (AvgIpc) is 2.53. The number of amides is 1. The number of para-hydroxylation sites is 2. The normalized spacial score (nSPS) is 27.3. The summed E-state index contributed by atoms with van der Waals surface area (Å²) in [6, 6.07) is 6.40. The van der Waals surface area contributed by atoms with E-state index >= 15 is 0 Å². The number of carboxylic acids is 1. The Labute approximate surface area is 128 Å². The second-order valence-electron chi connectivity index (χ2n) is 5.69. The molecule has 22 heavy (non-hydrogen) atoms. The van der Waals surface area contributed by atoms with Crippen LogP contribution in [-0.2, 0) is 9.59 Å². The molecular weight excluding hydrogens is 286 g/mol. The van der Waals surface area contributed by atoms with Gasteiger partial charge in [0.2, 0.25) is 6.10 Å². The van der Waals surface area contributed by atoms with Crippen molar-refractivity contribution in [3.63, 3.8) is 0 Å². The Morgan fingerprint density at radius 2 is 1.86 bits per heavy atom. The molecular formula is C16H19NO5. The van der Waals surface area contributed by atoms with Crippen molar-refractivity contribution in [2.45, 2.75) is 44.4 Å². The van der Waals surface area contributed by atoms with Gasteiger partial charge in [-0.1, -0.05) is 12.1 Å². The van der Waals surface area contributed by atoms with Crippen LogP contribution in [0.3, 0.4) is 0 Å². The zero-order chi connectivity index (χ0) is 15.7. The second kappa shape index (κ2) is 5.87. The van der Waals surface area contributed by atoms with Crippen LogP contribution in [0.25, 0.3) is 0 Å². The number of likely N-dealkylation sites (tertiary alicyclic amines) is 1. The third-order valence-electron chi connectivity index (χ3n) is 4.16. The zero-order valence-corrected chi connectivity index (χ0v) is 12.4. The summed E-state index contributed by atoms with van der Waals surface area (Å²) in [7, 11) is 0. The number of hydrogen-bond donors (Lipinski definition) is 1. The maximum Gasteiger partial charge on any atom is 0.326 e. The Morgan fingerprint density at radius 1 is 1.18 bits per heavy atom. The second-order valence-corrected chi connectivity index (χ2v) is 5.69. The van der Waals surface area contributed by atoms with Gasteiger partial charge in [-0.05, 0) is 38.3 Å². The highest BCUT2D eigenvalue weighted by Crippen LogP contribution is 2.34. The molecule has 1 fully saturated rings. The largest absolute Gasteiger partial charge is 0.482 e. The summed E-state index contributed by atoms with van der Waals surface area (Å²) in [6.07, 6.45) is 0.850. The van der Waals surface area contributed by atoms with Gasteiger partial charge in [0.15, 0.2) is 11.5 Å². The fourth-order valence-corrected chi connectivity index (χ4v) is 3.01. The Balaban J connectivity index is 1.81. The minimum atomic E-state index is -0.960. The number of aliphatic carboxylic acids is 1. The number of nitrogens with zero attached hydrogens (tertiary/aromatic N) is 1. The molecule has 0 aliphatic carbocycles. The van der Waals surface area contributed by atoms with E-state index in [0.717, 1.165) is 12.8 Å². The van der Waals surface area contributed by atoms with Crippen molar-refractivity contribution < 1.29 is 24.2 Å². The predicted molar refractivity (Wildman–Crippen MR) is 77.9 cm³/mol. The molecule has 0 spiro atoms. The van der Waals surface area contributed by atoms with Gasteiger partial charge in [-0.25, -0.2) is 4.79 Å². The molecule has 1 aromatic rings. The van der Waals surface area contributed by atoms with E-state index in [-0.39, 0.29) is 5.91 Å². The Hall–Kier alpha value is -2.24. The average molecular weight is 305 g/mol. The van der Waals surface area contributed by atoms with E-state index < -0.39 is 24.2 Å². The lowest BCUT2D eigenvalue weighted by Gasteiger charge is -2.38. The van der Waals surface area contributed by atoms with Gasteiger partial charge in [-0.3, -0.25) is 4.79 Å². The summed E-state index contributed by atoms with van der Waals surface area (Å²) in [6.45, 7) is 2.21. The highest BCUT2D eigenvalue weighted by Gasteiger charge is 2.41. The summed E-state index contributed by atoms with van der Waals surface area (Å²) >= 11 is 0. The van der Waals surface area contributed by atoms with E-state index in [1.54, 1.807) is 25.1 Å². The van der Waals surface area contributed by atoms with Crippen molar-refractivity contribution in [1.82, 2.24) is 4.90 Å². The van der Waals surface area contributed by atoms with E-state index in [9.17, 15) is 14.7 Å². The van der Waals surface area contributed by atoms with Gasteiger partial charge < -0.3 is 19.5 Å². The van der Waals surface area contributed by atoms with Crippen molar-refractivity contribution in [2.24, 2.45) is 0 Å². The molecule has 0 radical (unpaired) electrons. The number of carbonyl (C=O) groups is 2. The number of rotatable bonds is 2. The van der Waals surface area contributed by atoms with Gasteiger partial charge in [0.1, 0.15) is 12.1 Å². The van der Waals surface area contributed by atoms with Crippen molar-refractivity contribution in [2.75, 3.05) is 6.54 Å². The number of benzene rings is 1. The molecule has 3 unspecified atom stereocenters. The SMILES string of the molecule is CC1Oc2ccccc2OC1C(=O)N1CCCCC1C(=O)O. The molecule has 6 nitrogen and oxygen atoms in total. The van der Waals surface area contributed by atoms with Crippen LogP contribution in [-0.4, -0.2) is 46.7 Å². The topological polar surface area (TPSA) is 76.1 Å². The molecule has 118 valence electrons. The highest BCUT2D eigenvalue weighted by molar-refractivity contribution is 5.87. The van der Waals surface area contributed by atoms with E-state index in [4.69, 9.17) is 9.47 Å². The quantitative estimate of drug-likeness (QED) is 0.899. The van der Waals surface area contributed by atoms with Crippen LogP contribution < -0.4 is 9.47 Å². The maximum absolute atomic E-state index is 12.7. The Kier molecular flexibility index (Phi) is 3.92. The molecule has 1 saturated heterocycles. The molecule has 2 aliphatic heterocycles. The highest BCUT2D eigenvalue weighted by atomic mass is 16.6. The van der Waals surface area contributed by atoms with Gasteiger partial charge in [-0.15, -0.1) is 0 Å². The van der Waals surface area contributed by atoms with E-state index in [1.165, 1.54) is 4.90 Å². The maximum atomic E-state index is 12.7. The lowest BCUT2D eigenvalue weighted by molar-refractivity contribution is -0.158. The van der Waals surface area contributed by atoms with Crippen LogP contribution >= 0.6 is 0 Å². The molecule has 0 saturated carbocycles. The van der Waals surface area contributed by atoms with E-state index in [0.29, 0.717) is 24.5 Å². The molecule has 2 heterocycles. The van der Waals surface area contributed by atoms with Gasteiger partial charge >= 0.3 is 5.97 Å². The molecule has 1 amide bonds. The molecule has 0 aromatic heterocycles. The smallest absolute Gasteiger partial charge is 0.326 e. The first-order valence-corrected chi connectivity index (χ1v) is 7.53. The Morgan fingerprint density at radius 3 is 2.55 bits per heavy atom. The third-order valence-corrected chi connectivity index (χ3v) is 4.16. The Bertz CT molecular complexity index is 588. The van der Waals surface area contributed by atoms with Crippen LogP contribution in [0.4, 0.5) is 0 Å². The van der Waals surface area contributed by atoms with Crippen molar-refractivity contribution in [3.8, 4) is 11.5 Å². The summed E-state index contributed by atoms with van der Waals surface area (Å²) in [5, 5.41) is 9.31. The summed E-state index contributed by atoms with van der Waals surface area (Å²) in [5.74, 6) is -0.151. The number of carboxylic acid groups (broad SMARTS) is 1. The third kappa shape index (κ3) is 2.61. The molecule has 2 aliphatic rings. The van der Waals surface area contributed by atoms with Crippen LogP contribution in [0, 0.1) is 0 Å². The number of carbonyl (C=O) groups excluding carboxylic acids is 1. The summed E-state index contributed by atoms with van der Waals surface area (Å²) in [5.41, 5.74) is 0. The van der Waals surface area contributed by atoms with Crippen molar-refractivity contribution >= 4 is 11.9 Å². The van der Waals surface area contributed by atoms with Gasteiger partial charge in [0.05, 0.1) is 0 Å². The summed E-state index contributed by atoms with van der Waals surface area (Å²) < 4.78 is 11.5. The van der Waals surface area contributed by atoms with Crippen molar-refractivity contribution in [1.29, 1.82) is 0 Å². The molecule has 0 bridgehead atoms. The minimum Gasteiger partial charge on any atom is -0.482 e. The predicted octanol–water partition coefficient (Wildman–Crippen LogP) is 1.68. The number of piperidine rings is 1. The molecule has 3 rings (SSSR count). The van der Waals surface area contributed by atoms with Crippen LogP contribution in [0.15, 0.2) is 24.3 Å². The van der Waals surface area contributed by atoms with Gasteiger partial charge in [0.25, 0.3) is 5.91 Å².